The molecule has 20 heavy (non-hydrogen) atoms. The van der Waals surface area contributed by atoms with Gasteiger partial charge in [0.05, 0.1) is 33.0 Å². The normalized spacial score (nSPS) is 20.6. The summed E-state index contributed by atoms with van der Waals surface area (Å²) >= 11 is 6.09. The fraction of sp³-hybridized carbons (Fsp3) is 0.600. The Morgan fingerprint density at radius 1 is 1.45 bits per heavy atom. The molecular weight excluding hydrogens is 278 g/mol. The van der Waals surface area contributed by atoms with Crippen molar-refractivity contribution in [2.75, 3.05) is 33.5 Å². The van der Waals surface area contributed by atoms with Crippen LogP contribution in [0.5, 0.6) is 5.75 Å². The lowest BCUT2D eigenvalue weighted by atomic mass is 10.00. The van der Waals surface area contributed by atoms with Crippen LogP contribution in [0.4, 0.5) is 0 Å². The topological polar surface area (TPSA) is 39.7 Å². The van der Waals surface area contributed by atoms with Crippen LogP contribution in [0.1, 0.15) is 12.5 Å². The lowest BCUT2D eigenvalue weighted by molar-refractivity contribution is -0.101. The number of likely N-dealkylation sites (N-methyl/N-ethyl adjacent to an activating group) is 1. The predicted octanol–water partition coefficient (Wildman–Crippen LogP) is 2.28. The van der Waals surface area contributed by atoms with Crippen molar-refractivity contribution in [3.63, 3.8) is 0 Å². The third-order valence-corrected chi connectivity index (χ3v) is 3.67. The molecule has 1 aliphatic heterocycles. The second kappa shape index (κ2) is 7.84. The summed E-state index contributed by atoms with van der Waals surface area (Å²) in [5, 5.41) is 4.19. The number of ether oxygens (including phenoxy) is 3. The van der Waals surface area contributed by atoms with Gasteiger partial charge in [-0.25, -0.2) is 0 Å². The van der Waals surface area contributed by atoms with Crippen molar-refractivity contribution >= 4 is 11.6 Å². The molecule has 1 fully saturated rings. The van der Waals surface area contributed by atoms with Gasteiger partial charge in [-0.05, 0) is 36.7 Å². The first-order valence-electron chi connectivity index (χ1n) is 6.99. The maximum Gasteiger partial charge on any atom is 0.122 e. The molecule has 0 spiro atoms. The Balaban J connectivity index is 2.12. The van der Waals surface area contributed by atoms with Crippen molar-refractivity contribution < 1.29 is 14.2 Å². The summed E-state index contributed by atoms with van der Waals surface area (Å²) in [4.78, 5) is 0. The van der Waals surface area contributed by atoms with E-state index in [2.05, 4.69) is 12.2 Å². The van der Waals surface area contributed by atoms with E-state index in [0.29, 0.717) is 19.8 Å². The van der Waals surface area contributed by atoms with Crippen LogP contribution < -0.4 is 10.1 Å². The van der Waals surface area contributed by atoms with Crippen LogP contribution in [-0.2, 0) is 15.9 Å². The Hall–Kier alpha value is -0.810. The SMILES string of the molecule is CCNC(Cc1cc(Cl)ccc1OC)C1COCCO1. The van der Waals surface area contributed by atoms with Gasteiger partial charge in [0.2, 0.25) is 0 Å². The van der Waals surface area contributed by atoms with Crippen molar-refractivity contribution in [2.45, 2.75) is 25.5 Å². The maximum absolute atomic E-state index is 6.09. The quantitative estimate of drug-likeness (QED) is 0.875. The van der Waals surface area contributed by atoms with Crippen molar-refractivity contribution in [1.29, 1.82) is 0 Å². The Labute approximate surface area is 125 Å². The van der Waals surface area contributed by atoms with Crippen LogP contribution >= 0.6 is 11.6 Å². The number of rotatable bonds is 6. The first kappa shape index (κ1) is 15.6. The zero-order valence-electron chi connectivity index (χ0n) is 12.0. The summed E-state index contributed by atoms with van der Waals surface area (Å²) in [5.74, 6) is 0.856. The zero-order chi connectivity index (χ0) is 14.4. The lowest BCUT2D eigenvalue weighted by Gasteiger charge is -2.31. The molecule has 1 heterocycles. The van der Waals surface area contributed by atoms with Crippen molar-refractivity contribution in [3.8, 4) is 5.75 Å². The molecule has 2 atom stereocenters. The summed E-state index contributed by atoms with van der Waals surface area (Å²) in [6.45, 7) is 4.93. The van der Waals surface area contributed by atoms with Crippen LogP contribution in [0.25, 0.3) is 0 Å². The van der Waals surface area contributed by atoms with Gasteiger partial charge >= 0.3 is 0 Å². The number of benzene rings is 1. The van der Waals surface area contributed by atoms with E-state index in [9.17, 15) is 0 Å². The van der Waals surface area contributed by atoms with Crippen molar-refractivity contribution in [2.24, 2.45) is 0 Å². The van der Waals surface area contributed by atoms with Crippen LogP contribution in [0.15, 0.2) is 18.2 Å². The summed E-state index contributed by atoms with van der Waals surface area (Å²) in [6, 6.07) is 5.88. The molecule has 0 radical (unpaired) electrons. The first-order valence-corrected chi connectivity index (χ1v) is 7.37. The number of halogens is 1. The Kier molecular flexibility index (Phi) is 6.10. The highest BCUT2D eigenvalue weighted by Crippen LogP contribution is 2.25. The number of nitrogens with one attached hydrogen (secondary N) is 1. The fourth-order valence-corrected chi connectivity index (χ4v) is 2.67. The number of methoxy groups -OCH3 is 1. The molecule has 5 heteroatoms. The van der Waals surface area contributed by atoms with Crippen LogP contribution in [-0.4, -0.2) is 45.6 Å². The minimum absolute atomic E-state index is 0.0624. The van der Waals surface area contributed by atoms with E-state index in [1.54, 1.807) is 7.11 Å². The molecule has 1 saturated heterocycles. The van der Waals surface area contributed by atoms with Crippen molar-refractivity contribution in [1.82, 2.24) is 5.32 Å². The van der Waals surface area contributed by atoms with Gasteiger partial charge in [0.15, 0.2) is 0 Å². The van der Waals surface area contributed by atoms with Gasteiger partial charge in [0, 0.05) is 11.1 Å². The van der Waals surface area contributed by atoms with Gasteiger partial charge < -0.3 is 19.5 Å². The summed E-state index contributed by atoms with van der Waals surface area (Å²) in [6.07, 6.45) is 0.860. The van der Waals surface area contributed by atoms with Gasteiger partial charge in [-0.2, -0.15) is 0 Å². The maximum atomic E-state index is 6.09. The van der Waals surface area contributed by atoms with Crippen LogP contribution in [0, 0.1) is 0 Å². The molecule has 2 unspecified atom stereocenters. The predicted molar refractivity (Wildman–Crippen MR) is 79.7 cm³/mol. The van der Waals surface area contributed by atoms with E-state index in [1.165, 1.54) is 0 Å². The highest BCUT2D eigenvalue weighted by atomic mass is 35.5. The standard InChI is InChI=1S/C15H22ClNO3/c1-3-17-13(15-10-19-6-7-20-15)9-11-8-12(16)4-5-14(11)18-2/h4-5,8,13,15,17H,3,6-7,9-10H2,1-2H3. The third kappa shape index (κ3) is 4.09. The molecule has 1 aliphatic rings. The fourth-order valence-electron chi connectivity index (χ4n) is 2.48. The molecule has 0 aliphatic carbocycles. The molecule has 1 N–H and O–H groups in total. The van der Waals surface area contributed by atoms with Crippen LogP contribution in [0.3, 0.4) is 0 Å². The van der Waals surface area contributed by atoms with E-state index in [1.807, 2.05) is 18.2 Å². The largest absolute Gasteiger partial charge is 0.496 e. The molecule has 0 aromatic heterocycles. The first-order chi connectivity index (χ1) is 9.74. The van der Waals surface area contributed by atoms with Gasteiger partial charge in [0.25, 0.3) is 0 Å². The monoisotopic (exact) mass is 299 g/mol. The summed E-state index contributed by atoms with van der Waals surface area (Å²) in [7, 11) is 1.68. The minimum Gasteiger partial charge on any atom is -0.496 e. The Morgan fingerprint density at radius 2 is 2.30 bits per heavy atom. The molecule has 2 rings (SSSR count). The average molecular weight is 300 g/mol. The molecule has 1 aromatic carbocycles. The molecule has 112 valence electrons. The number of hydrogen-bond donors (Lipinski definition) is 1. The summed E-state index contributed by atoms with van der Waals surface area (Å²) in [5.41, 5.74) is 1.08. The van der Waals surface area contributed by atoms with Gasteiger partial charge in [-0.1, -0.05) is 18.5 Å². The lowest BCUT2D eigenvalue weighted by Crippen LogP contribution is -2.47. The highest BCUT2D eigenvalue weighted by molar-refractivity contribution is 6.30. The highest BCUT2D eigenvalue weighted by Gasteiger charge is 2.25. The van der Waals surface area contributed by atoms with Crippen LogP contribution in [0.2, 0.25) is 5.02 Å². The smallest absolute Gasteiger partial charge is 0.122 e. The molecule has 0 bridgehead atoms. The number of hydrogen-bond acceptors (Lipinski definition) is 4. The Morgan fingerprint density at radius 3 is 2.95 bits per heavy atom. The van der Waals surface area contributed by atoms with E-state index < -0.39 is 0 Å². The van der Waals surface area contributed by atoms with Gasteiger partial charge in [-0.15, -0.1) is 0 Å². The van der Waals surface area contributed by atoms with Gasteiger partial charge in [0.1, 0.15) is 5.75 Å². The Bertz CT molecular complexity index is 422. The molecule has 1 aromatic rings. The zero-order valence-corrected chi connectivity index (χ0v) is 12.8. The van der Waals surface area contributed by atoms with Gasteiger partial charge in [-0.3, -0.25) is 0 Å². The average Bonchev–Trinajstić information content (AvgIpc) is 2.48. The van der Waals surface area contributed by atoms with Crippen molar-refractivity contribution in [3.05, 3.63) is 28.8 Å². The summed E-state index contributed by atoms with van der Waals surface area (Å²) < 4.78 is 16.7. The van der Waals surface area contributed by atoms with E-state index in [0.717, 1.165) is 29.3 Å². The van der Waals surface area contributed by atoms with E-state index in [4.69, 9.17) is 25.8 Å². The second-order valence-electron chi connectivity index (χ2n) is 4.81. The van der Waals surface area contributed by atoms with E-state index in [-0.39, 0.29) is 12.1 Å². The molecule has 0 amide bonds. The molecular formula is C15H22ClNO3. The molecule has 0 saturated carbocycles. The second-order valence-corrected chi connectivity index (χ2v) is 5.25. The van der Waals surface area contributed by atoms with E-state index >= 15 is 0 Å². The minimum atomic E-state index is 0.0624. The molecule has 4 nitrogen and oxygen atoms in total. The third-order valence-electron chi connectivity index (χ3n) is 3.44.